The molecule has 4 nitrogen and oxygen atoms in total. The van der Waals surface area contributed by atoms with Crippen LogP contribution in [0.5, 0.6) is 0 Å². The van der Waals surface area contributed by atoms with Gasteiger partial charge in [0.2, 0.25) is 5.91 Å². The lowest BCUT2D eigenvalue weighted by Crippen LogP contribution is -2.52. The van der Waals surface area contributed by atoms with E-state index >= 15 is 0 Å². The number of benzene rings is 1. The van der Waals surface area contributed by atoms with E-state index in [9.17, 15) is 4.79 Å². The van der Waals surface area contributed by atoms with Gasteiger partial charge in [0, 0.05) is 31.9 Å². The average Bonchev–Trinajstić information content (AvgIpc) is 2.47. The van der Waals surface area contributed by atoms with Crippen LogP contribution >= 0.6 is 0 Å². The van der Waals surface area contributed by atoms with Crippen molar-refractivity contribution in [1.82, 2.24) is 4.90 Å². The van der Waals surface area contributed by atoms with E-state index in [0.29, 0.717) is 12.5 Å². The highest BCUT2D eigenvalue weighted by atomic mass is 16.5. The van der Waals surface area contributed by atoms with Crippen molar-refractivity contribution in [3.05, 3.63) is 29.3 Å². The number of hydrogen-bond acceptors (Lipinski definition) is 3. The molecule has 0 spiro atoms. The summed E-state index contributed by atoms with van der Waals surface area (Å²) in [6.45, 7) is 9.18. The fourth-order valence-electron chi connectivity index (χ4n) is 3.57. The van der Waals surface area contributed by atoms with Crippen LogP contribution in [-0.4, -0.2) is 50.2 Å². The molecule has 2 saturated heterocycles. The Morgan fingerprint density at radius 2 is 1.95 bits per heavy atom. The van der Waals surface area contributed by atoms with E-state index in [1.54, 1.807) is 0 Å². The monoisotopic (exact) mass is 302 g/mol. The first-order chi connectivity index (χ1) is 10.6. The maximum absolute atomic E-state index is 12.5. The number of rotatable bonds is 3. The molecule has 22 heavy (non-hydrogen) atoms. The average molecular weight is 302 g/mol. The van der Waals surface area contributed by atoms with Crippen LogP contribution in [0.4, 0.5) is 5.69 Å². The van der Waals surface area contributed by atoms with Crippen molar-refractivity contribution in [2.45, 2.75) is 26.7 Å². The molecular formula is C18H26N2O2. The van der Waals surface area contributed by atoms with E-state index in [1.807, 2.05) is 4.90 Å². The fourth-order valence-corrected chi connectivity index (χ4v) is 3.57. The first-order valence-electron chi connectivity index (χ1n) is 8.30. The van der Waals surface area contributed by atoms with E-state index in [0.717, 1.165) is 45.0 Å². The van der Waals surface area contributed by atoms with Crippen LogP contribution < -0.4 is 4.90 Å². The fraction of sp³-hybridized carbons (Fsp3) is 0.611. The Balaban J connectivity index is 1.61. The van der Waals surface area contributed by atoms with Gasteiger partial charge in [0.05, 0.1) is 13.2 Å². The van der Waals surface area contributed by atoms with Crippen molar-refractivity contribution in [2.75, 3.05) is 44.3 Å². The van der Waals surface area contributed by atoms with Crippen LogP contribution in [0, 0.1) is 19.8 Å². The number of hydrogen-bond donors (Lipinski definition) is 0. The predicted octanol–water partition coefficient (Wildman–Crippen LogP) is 2.38. The molecule has 0 bridgehead atoms. The van der Waals surface area contributed by atoms with Gasteiger partial charge >= 0.3 is 0 Å². The Morgan fingerprint density at radius 1 is 1.18 bits per heavy atom. The van der Waals surface area contributed by atoms with Gasteiger partial charge in [-0.05, 0) is 55.9 Å². The molecule has 0 aromatic heterocycles. The molecule has 1 unspecified atom stereocenters. The molecule has 0 aliphatic carbocycles. The third-order valence-corrected chi connectivity index (χ3v) is 4.59. The topological polar surface area (TPSA) is 32.8 Å². The standard InChI is InChI=1S/C18H26N2O2/c1-14-8-15(2)10-17(9-14)20-6-5-19(12-18(20)21)11-16-4-3-7-22-13-16/h8-10,16H,3-7,11-13H2,1-2H3. The Labute approximate surface area is 133 Å². The lowest BCUT2D eigenvalue weighted by Gasteiger charge is -2.37. The Morgan fingerprint density at radius 3 is 2.59 bits per heavy atom. The molecule has 2 fully saturated rings. The summed E-state index contributed by atoms with van der Waals surface area (Å²) in [7, 11) is 0. The first-order valence-corrected chi connectivity index (χ1v) is 8.30. The highest BCUT2D eigenvalue weighted by Gasteiger charge is 2.27. The van der Waals surface area contributed by atoms with Crippen LogP contribution in [0.1, 0.15) is 24.0 Å². The number of nitrogens with zero attached hydrogens (tertiary/aromatic N) is 2. The highest BCUT2D eigenvalue weighted by Crippen LogP contribution is 2.22. The molecule has 3 rings (SSSR count). The molecule has 1 amide bonds. The van der Waals surface area contributed by atoms with Gasteiger partial charge < -0.3 is 9.64 Å². The van der Waals surface area contributed by atoms with Crippen molar-refractivity contribution < 1.29 is 9.53 Å². The van der Waals surface area contributed by atoms with Crippen LogP contribution in [0.25, 0.3) is 0 Å². The van der Waals surface area contributed by atoms with Gasteiger partial charge in [-0.1, -0.05) is 6.07 Å². The minimum absolute atomic E-state index is 0.216. The second-order valence-corrected chi connectivity index (χ2v) is 6.71. The zero-order valence-corrected chi connectivity index (χ0v) is 13.7. The van der Waals surface area contributed by atoms with Crippen LogP contribution in [-0.2, 0) is 9.53 Å². The quantitative estimate of drug-likeness (QED) is 0.859. The van der Waals surface area contributed by atoms with Gasteiger partial charge in [-0.15, -0.1) is 0 Å². The van der Waals surface area contributed by atoms with Gasteiger partial charge in [0.15, 0.2) is 0 Å². The summed E-state index contributed by atoms with van der Waals surface area (Å²) in [6, 6.07) is 6.36. The summed E-state index contributed by atoms with van der Waals surface area (Å²) < 4.78 is 5.55. The van der Waals surface area contributed by atoms with Gasteiger partial charge in [0.25, 0.3) is 0 Å². The van der Waals surface area contributed by atoms with Crippen molar-refractivity contribution >= 4 is 11.6 Å². The van der Waals surface area contributed by atoms with Crippen molar-refractivity contribution in [2.24, 2.45) is 5.92 Å². The molecule has 120 valence electrons. The van der Waals surface area contributed by atoms with E-state index in [2.05, 4.69) is 36.9 Å². The lowest BCUT2D eigenvalue weighted by molar-refractivity contribution is -0.121. The van der Waals surface area contributed by atoms with E-state index in [4.69, 9.17) is 4.74 Å². The molecule has 0 N–H and O–H groups in total. The van der Waals surface area contributed by atoms with Crippen molar-refractivity contribution in [1.29, 1.82) is 0 Å². The maximum atomic E-state index is 12.5. The highest BCUT2D eigenvalue weighted by molar-refractivity contribution is 5.95. The summed E-state index contributed by atoms with van der Waals surface area (Å²) in [5.41, 5.74) is 3.47. The number of carbonyl (C=O) groups excluding carboxylic acids is 1. The van der Waals surface area contributed by atoms with Crippen LogP contribution in [0.3, 0.4) is 0 Å². The molecule has 0 radical (unpaired) electrons. The molecule has 0 saturated carbocycles. The molecule has 2 aliphatic rings. The summed E-state index contributed by atoms with van der Waals surface area (Å²) in [6.07, 6.45) is 2.38. The normalized spacial score (nSPS) is 23.8. The summed E-state index contributed by atoms with van der Waals surface area (Å²) in [4.78, 5) is 16.8. The smallest absolute Gasteiger partial charge is 0.241 e. The van der Waals surface area contributed by atoms with E-state index in [1.165, 1.54) is 17.5 Å². The largest absolute Gasteiger partial charge is 0.381 e. The molecule has 4 heteroatoms. The first kappa shape index (κ1) is 15.5. The Hall–Kier alpha value is -1.39. The van der Waals surface area contributed by atoms with E-state index in [-0.39, 0.29) is 5.91 Å². The van der Waals surface area contributed by atoms with Gasteiger partial charge in [-0.2, -0.15) is 0 Å². The molecule has 2 heterocycles. The molecule has 1 aromatic rings. The lowest BCUT2D eigenvalue weighted by atomic mass is 10.0. The summed E-state index contributed by atoms with van der Waals surface area (Å²) in [5.74, 6) is 0.808. The van der Waals surface area contributed by atoms with Crippen molar-refractivity contribution in [3.63, 3.8) is 0 Å². The Bertz CT molecular complexity index is 518. The number of piperazine rings is 1. The minimum atomic E-state index is 0.216. The van der Waals surface area contributed by atoms with E-state index < -0.39 is 0 Å². The molecule has 1 aromatic carbocycles. The molecular weight excluding hydrogens is 276 g/mol. The van der Waals surface area contributed by atoms with Crippen molar-refractivity contribution in [3.8, 4) is 0 Å². The second kappa shape index (κ2) is 6.80. The minimum Gasteiger partial charge on any atom is -0.381 e. The molecule has 1 atom stereocenters. The van der Waals surface area contributed by atoms with Gasteiger partial charge in [-0.25, -0.2) is 0 Å². The van der Waals surface area contributed by atoms with Gasteiger partial charge in [0.1, 0.15) is 0 Å². The SMILES string of the molecule is Cc1cc(C)cc(N2CCN(CC3CCCOC3)CC2=O)c1. The zero-order chi connectivity index (χ0) is 15.5. The second-order valence-electron chi connectivity index (χ2n) is 6.71. The number of carbonyl (C=O) groups is 1. The van der Waals surface area contributed by atoms with Crippen LogP contribution in [0.15, 0.2) is 18.2 Å². The number of amides is 1. The number of anilines is 1. The third-order valence-electron chi connectivity index (χ3n) is 4.59. The van der Waals surface area contributed by atoms with Crippen LogP contribution in [0.2, 0.25) is 0 Å². The third kappa shape index (κ3) is 3.68. The summed E-state index contributed by atoms with van der Waals surface area (Å²) in [5, 5.41) is 0. The number of ether oxygens (including phenoxy) is 1. The zero-order valence-electron chi connectivity index (χ0n) is 13.7. The Kier molecular flexibility index (Phi) is 4.79. The predicted molar refractivity (Wildman–Crippen MR) is 88.3 cm³/mol. The molecule has 2 aliphatic heterocycles. The maximum Gasteiger partial charge on any atom is 0.241 e. The summed E-state index contributed by atoms with van der Waals surface area (Å²) >= 11 is 0. The number of aryl methyl sites for hydroxylation is 2. The van der Waals surface area contributed by atoms with Gasteiger partial charge in [-0.3, -0.25) is 9.69 Å².